The first kappa shape index (κ1) is 34.2. The van der Waals surface area contributed by atoms with Gasteiger partial charge in [-0.1, -0.05) is 62.6 Å². The normalized spacial score (nSPS) is 17.0. The molecule has 0 unspecified atom stereocenters. The molecular formula is C35H30F8O4. The highest BCUT2D eigenvalue weighted by Gasteiger charge is 2.38. The molecule has 0 spiro atoms. The number of alkyl halides is 5. The second-order valence-corrected chi connectivity index (χ2v) is 11.1. The van der Waals surface area contributed by atoms with E-state index in [0.29, 0.717) is 24.3 Å². The second kappa shape index (κ2) is 14.3. The maximum absolute atomic E-state index is 15.0. The van der Waals surface area contributed by atoms with Crippen LogP contribution in [0.15, 0.2) is 78.9 Å². The first-order valence-electron chi connectivity index (χ1n) is 14.9. The maximum Gasteiger partial charge on any atom is 0.573 e. The van der Waals surface area contributed by atoms with Crippen LogP contribution >= 0.6 is 0 Å². The van der Waals surface area contributed by atoms with Crippen molar-refractivity contribution in [3.8, 4) is 33.8 Å². The molecule has 1 aliphatic rings. The van der Waals surface area contributed by atoms with Gasteiger partial charge in [-0.2, -0.15) is 8.78 Å². The molecule has 12 heteroatoms. The minimum Gasteiger partial charge on any atom is -0.429 e. The highest BCUT2D eigenvalue weighted by molar-refractivity contribution is 5.71. The summed E-state index contributed by atoms with van der Waals surface area (Å²) in [6.07, 6.45) is -5.89. The molecule has 5 rings (SSSR count). The van der Waals surface area contributed by atoms with E-state index in [2.05, 4.69) is 11.7 Å². The van der Waals surface area contributed by atoms with Crippen molar-refractivity contribution in [2.75, 3.05) is 13.2 Å². The van der Waals surface area contributed by atoms with E-state index < -0.39 is 53.3 Å². The lowest BCUT2D eigenvalue weighted by Crippen LogP contribution is -2.27. The van der Waals surface area contributed by atoms with Crippen molar-refractivity contribution in [3.05, 3.63) is 107 Å². The number of hydrogen-bond donors (Lipinski definition) is 0. The number of hydrogen-bond acceptors (Lipinski definition) is 4. The lowest BCUT2D eigenvalue weighted by atomic mass is 9.99. The first-order valence-corrected chi connectivity index (χ1v) is 14.9. The van der Waals surface area contributed by atoms with Crippen LogP contribution in [0.1, 0.15) is 50.0 Å². The third kappa shape index (κ3) is 8.61. The van der Waals surface area contributed by atoms with E-state index in [-0.39, 0.29) is 22.6 Å². The number of halogens is 8. The Morgan fingerprint density at radius 3 is 1.98 bits per heavy atom. The molecule has 1 heterocycles. The molecule has 0 aliphatic carbocycles. The first-order chi connectivity index (χ1) is 22.3. The molecule has 4 aromatic rings. The quantitative estimate of drug-likeness (QED) is 0.118. The van der Waals surface area contributed by atoms with E-state index >= 15 is 13.2 Å². The van der Waals surface area contributed by atoms with Crippen molar-refractivity contribution < 1.29 is 54.1 Å². The SMILES string of the molecule is CCCCCC1COC(c2ccc(C(F)(F)Oc3ccc(-c4ccc(-c5ccc(OC(F)(F)F)c(F)c5)cc4)c(F)c3)c(F)c2)OC1. The van der Waals surface area contributed by atoms with Crippen LogP contribution in [0.25, 0.3) is 22.3 Å². The van der Waals surface area contributed by atoms with Crippen LogP contribution in [0.2, 0.25) is 0 Å². The van der Waals surface area contributed by atoms with Crippen LogP contribution in [-0.2, 0) is 15.6 Å². The van der Waals surface area contributed by atoms with Crippen molar-refractivity contribution in [1.29, 1.82) is 0 Å². The summed E-state index contributed by atoms with van der Waals surface area (Å²) in [5.41, 5.74) is 0.177. The number of unbranched alkanes of at least 4 members (excludes halogenated alkanes) is 2. The molecule has 0 bridgehead atoms. The Bertz CT molecular complexity index is 1670. The Morgan fingerprint density at radius 2 is 1.36 bits per heavy atom. The molecular weight excluding hydrogens is 636 g/mol. The highest BCUT2D eigenvalue weighted by Crippen LogP contribution is 2.37. The van der Waals surface area contributed by atoms with Gasteiger partial charge in [0.05, 0.1) is 18.8 Å². The predicted octanol–water partition coefficient (Wildman–Crippen LogP) is 10.7. The fraction of sp³-hybridized carbons (Fsp3) is 0.314. The van der Waals surface area contributed by atoms with Crippen LogP contribution in [-0.4, -0.2) is 19.6 Å². The zero-order valence-corrected chi connectivity index (χ0v) is 25.1. The fourth-order valence-electron chi connectivity index (χ4n) is 5.23. The predicted molar refractivity (Wildman–Crippen MR) is 157 cm³/mol. The zero-order valence-electron chi connectivity index (χ0n) is 25.1. The van der Waals surface area contributed by atoms with Crippen molar-refractivity contribution in [3.63, 3.8) is 0 Å². The van der Waals surface area contributed by atoms with Gasteiger partial charge in [0.15, 0.2) is 17.9 Å². The fourth-order valence-corrected chi connectivity index (χ4v) is 5.23. The van der Waals surface area contributed by atoms with E-state index in [0.717, 1.165) is 62.1 Å². The average Bonchev–Trinajstić information content (AvgIpc) is 3.02. The summed E-state index contributed by atoms with van der Waals surface area (Å²) < 4.78 is 131. The molecule has 1 saturated heterocycles. The molecule has 0 amide bonds. The van der Waals surface area contributed by atoms with E-state index in [4.69, 9.17) is 14.2 Å². The number of ether oxygens (including phenoxy) is 4. The standard InChI is InChI=1S/C35H30F8O4/c1-2-3-4-5-21-19-44-33(45-20-21)25-10-14-28(30(37)17-25)34(39,40)46-26-12-13-27(29(36)18-26)23-8-6-22(7-9-23)24-11-15-32(31(38)16-24)47-35(41,42)43/h6-18,21,33H,2-5,19-20H2,1H3. The Balaban J connectivity index is 1.23. The largest absolute Gasteiger partial charge is 0.573 e. The van der Waals surface area contributed by atoms with Crippen molar-refractivity contribution in [1.82, 2.24) is 0 Å². The summed E-state index contributed by atoms with van der Waals surface area (Å²) in [4.78, 5) is 0. The summed E-state index contributed by atoms with van der Waals surface area (Å²) in [5, 5.41) is 0. The van der Waals surface area contributed by atoms with Gasteiger partial charge < -0.3 is 18.9 Å². The Morgan fingerprint density at radius 1 is 0.681 bits per heavy atom. The van der Waals surface area contributed by atoms with Crippen LogP contribution in [0.3, 0.4) is 0 Å². The van der Waals surface area contributed by atoms with Crippen LogP contribution in [0.5, 0.6) is 11.5 Å². The summed E-state index contributed by atoms with van der Waals surface area (Å²) in [6.45, 7) is 2.94. The molecule has 1 aliphatic heterocycles. The number of rotatable bonds is 11. The molecule has 4 aromatic carbocycles. The van der Waals surface area contributed by atoms with Gasteiger partial charge in [0.1, 0.15) is 17.4 Å². The monoisotopic (exact) mass is 666 g/mol. The number of benzene rings is 4. The van der Waals surface area contributed by atoms with Gasteiger partial charge in [-0.15, -0.1) is 13.2 Å². The summed E-state index contributed by atoms with van der Waals surface area (Å²) >= 11 is 0. The van der Waals surface area contributed by atoms with E-state index in [1.807, 2.05) is 0 Å². The Hall–Kier alpha value is -4.16. The Kier molecular flexibility index (Phi) is 10.4. The van der Waals surface area contributed by atoms with Gasteiger partial charge in [0.25, 0.3) is 0 Å². The summed E-state index contributed by atoms with van der Waals surface area (Å²) in [6, 6.07) is 14.9. The minimum atomic E-state index is -5.05. The van der Waals surface area contributed by atoms with E-state index in [1.54, 1.807) is 0 Å². The molecule has 0 aromatic heterocycles. The molecule has 4 nitrogen and oxygen atoms in total. The van der Waals surface area contributed by atoms with Crippen LogP contribution in [0, 0.1) is 23.4 Å². The smallest absolute Gasteiger partial charge is 0.429 e. The van der Waals surface area contributed by atoms with Crippen LogP contribution in [0.4, 0.5) is 35.1 Å². The molecule has 1 fully saturated rings. The minimum absolute atomic E-state index is 0.0166. The topological polar surface area (TPSA) is 36.9 Å². The summed E-state index contributed by atoms with van der Waals surface area (Å²) in [5.74, 6) is -4.71. The van der Waals surface area contributed by atoms with Gasteiger partial charge in [-0.3, -0.25) is 0 Å². The van der Waals surface area contributed by atoms with Crippen molar-refractivity contribution in [2.45, 2.75) is 51.4 Å². The maximum atomic E-state index is 15.0. The van der Waals surface area contributed by atoms with Gasteiger partial charge in [-0.25, -0.2) is 13.2 Å². The van der Waals surface area contributed by atoms with E-state index in [9.17, 15) is 22.0 Å². The molecule has 0 radical (unpaired) electrons. The van der Waals surface area contributed by atoms with Gasteiger partial charge in [0, 0.05) is 23.1 Å². The highest BCUT2D eigenvalue weighted by atomic mass is 19.4. The molecule has 250 valence electrons. The lowest BCUT2D eigenvalue weighted by molar-refractivity contribution is -0.275. The zero-order chi connectivity index (χ0) is 33.8. The second-order valence-electron chi connectivity index (χ2n) is 11.1. The molecule has 47 heavy (non-hydrogen) atoms. The summed E-state index contributed by atoms with van der Waals surface area (Å²) in [7, 11) is 0. The third-order valence-electron chi connectivity index (χ3n) is 7.63. The van der Waals surface area contributed by atoms with Crippen molar-refractivity contribution >= 4 is 0 Å². The molecule has 0 N–H and O–H groups in total. The van der Waals surface area contributed by atoms with Crippen LogP contribution < -0.4 is 9.47 Å². The Labute approximate surface area is 265 Å². The average molecular weight is 667 g/mol. The molecule has 0 saturated carbocycles. The molecule has 0 atom stereocenters. The third-order valence-corrected chi connectivity index (χ3v) is 7.63. The van der Waals surface area contributed by atoms with Crippen molar-refractivity contribution in [2.24, 2.45) is 5.92 Å². The van der Waals surface area contributed by atoms with Gasteiger partial charge in [-0.05, 0) is 59.5 Å². The van der Waals surface area contributed by atoms with E-state index in [1.165, 1.54) is 42.5 Å². The van der Waals surface area contributed by atoms with Gasteiger partial charge in [0.2, 0.25) is 0 Å². The lowest BCUT2D eigenvalue weighted by Gasteiger charge is -2.30. The van der Waals surface area contributed by atoms with Gasteiger partial charge >= 0.3 is 12.5 Å².